The molecule has 3 saturated heterocycles. The lowest BCUT2D eigenvalue weighted by Crippen LogP contribution is -2.65. The van der Waals surface area contributed by atoms with Crippen molar-refractivity contribution in [2.24, 2.45) is 28.6 Å². The van der Waals surface area contributed by atoms with Gasteiger partial charge in [0.15, 0.2) is 0 Å². The highest BCUT2D eigenvalue weighted by atomic mass is 16.5. The molecule has 1 aliphatic carbocycles. The van der Waals surface area contributed by atoms with Crippen molar-refractivity contribution in [1.82, 2.24) is 20.4 Å². The monoisotopic (exact) mass is 568 g/mol. The van der Waals surface area contributed by atoms with E-state index >= 15 is 0 Å². The zero-order valence-corrected chi connectivity index (χ0v) is 24.7. The van der Waals surface area contributed by atoms with Crippen molar-refractivity contribution in [3.63, 3.8) is 0 Å². The molecule has 1 saturated carbocycles. The SMILES string of the molecule is CNC(=O)[C@@H](NC(=O)[C@H]1CN(C(=O)C2CCOCC2)CC12CN(C(=O)[C@H]1CC1(C)C)C2)[C@@H](C)OCc1ccccc1. The van der Waals surface area contributed by atoms with Crippen LogP contribution in [-0.2, 0) is 35.3 Å². The Bertz CT molecular complexity index is 1140. The standard InChI is InChI=1S/C31H44N4O6/c1-20(41-16-21-8-6-5-7-9-21)25(27(37)32-4)33-26(36)24-15-34(28(38)22-10-12-40-13-11-22)17-31(24)18-35(19-31)29(39)23-14-30(23,2)3/h5-9,20,22-25H,10-19H2,1-4H3,(H,32,37)(H,33,36)/t20-,23-,24-,25+/m1/s1. The maximum atomic E-state index is 13.9. The molecule has 4 fully saturated rings. The highest BCUT2D eigenvalue weighted by Gasteiger charge is 2.62. The van der Waals surface area contributed by atoms with Gasteiger partial charge in [-0.15, -0.1) is 0 Å². The first kappa shape index (κ1) is 29.5. The molecule has 0 bridgehead atoms. The number of rotatable bonds is 9. The molecular formula is C31H44N4O6. The normalized spacial score (nSPS) is 26.1. The predicted molar refractivity (Wildman–Crippen MR) is 151 cm³/mol. The minimum atomic E-state index is -0.904. The van der Waals surface area contributed by atoms with Crippen LogP contribution in [0.5, 0.6) is 0 Å². The zero-order chi connectivity index (χ0) is 29.4. The minimum Gasteiger partial charge on any atom is -0.381 e. The summed E-state index contributed by atoms with van der Waals surface area (Å²) in [4.78, 5) is 57.1. The summed E-state index contributed by atoms with van der Waals surface area (Å²) in [5, 5.41) is 5.61. The minimum absolute atomic E-state index is 0.0218. The zero-order valence-electron chi connectivity index (χ0n) is 24.7. The highest BCUT2D eigenvalue weighted by molar-refractivity contribution is 5.91. The first-order chi connectivity index (χ1) is 19.5. The van der Waals surface area contributed by atoms with Gasteiger partial charge in [0, 0.05) is 63.7 Å². The van der Waals surface area contributed by atoms with Gasteiger partial charge < -0.3 is 29.9 Å². The lowest BCUT2D eigenvalue weighted by atomic mass is 9.70. The Labute approximate surface area is 242 Å². The van der Waals surface area contributed by atoms with Gasteiger partial charge in [-0.25, -0.2) is 0 Å². The highest BCUT2D eigenvalue weighted by Crippen LogP contribution is 2.54. The van der Waals surface area contributed by atoms with Gasteiger partial charge in [0.2, 0.25) is 23.6 Å². The molecule has 1 spiro atoms. The van der Waals surface area contributed by atoms with E-state index in [4.69, 9.17) is 9.47 Å². The number of carbonyl (C=O) groups excluding carboxylic acids is 4. The molecule has 3 heterocycles. The second-order valence-corrected chi connectivity index (χ2v) is 13.1. The van der Waals surface area contributed by atoms with Crippen molar-refractivity contribution in [2.45, 2.75) is 58.8 Å². The summed E-state index contributed by atoms with van der Waals surface area (Å²) in [7, 11) is 1.53. The third-order valence-corrected chi connectivity index (χ3v) is 9.63. The fraction of sp³-hybridized carbons (Fsp3) is 0.677. The summed E-state index contributed by atoms with van der Waals surface area (Å²) in [5.74, 6) is -1.06. The molecule has 10 nitrogen and oxygen atoms in total. The number of hydrogen-bond acceptors (Lipinski definition) is 6. The fourth-order valence-electron chi connectivity index (χ4n) is 6.70. The van der Waals surface area contributed by atoms with Crippen LogP contribution in [0.25, 0.3) is 0 Å². The molecule has 0 unspecified atom stereocenters. The summed E-state index contributed by atoms with van der Waals surface area (Å²) >= 11 is 0. The van der Waals surface area contributed by atoms with Crippen molar-refractivity contribution in [3.8, 4) is 0 Å². The average molecular weight is 569 g/mol. The van der Waals surface area contributed by atoms with Crippen LogP contribution < -0.4 is 10.6 Å². The molecule has 4 atom stereocenters. The molecule has 224 valence electrons. The number of likely N-dealkylation sites (tertiary alicyclic amines) is 2. The summed E-state index contributed by atoms with van der Waals surface area (Å²) in [6.45, 7) is 9.01. The van der Waals surface area contributed by atoms with Crippen LogP contribution in [0.1, 0.15) is 45.6 Å². The smallest absolute Gasteiger partial charge is 0.245 e. The number of nitrogens with one attached hydrogen (secondary N) is 2. The summed E-state index contributed by atoms with van der Waals surface area (Å²) in [5.41, 5.74) is 0.464. The Morgan fingerprint density at radius 1 is 1.00 bits per heavy atom. The number of benzene rings is 1. The number of nitrogens with zero attached hydrogens (tertiary/aromatic N) is 2. The molecular weight excluding hydrogens is 524 g/mol. The number of amides is 4. The van der Waals surface area contributed by atoms with E-state index in [0.29, 0.717) is 52.3 Å². The van der Waals surface area contributed by atoms with Gasteiger partial charge in [0.05, 0.1) is 18.6 Å². The first-order valence-corrected chi connectivity index (χ1v) is 14.9. The topological polar surface area (TPSA) is 117 Å². The molecule has 4 amide bonds. The molecule has 2 N–H and O–H groups in total. The van der Waals surface area contributed by atoms with Gasteiger partial charge in [0.25, 0.3) is 0 Å². The largest absolute Gasteiger partial charge is 0.381 e. The molecule has 41 heavy (non-hydrogen) atoms. The third-order valence-electron chi connectivity index (χ3n) is 9.63. The van der Waals surface area contributed by atoms with Gasteiger partial charge in [0.1, 0.15) is 6.04 Å². The van der Waals surface area contributed by atoms with Crippen molar-refractivity contribution in [3.05, 3.63) is 35.9 Å². The third kappa shape index (κ3) is 6.14. The Kier molecular flexibility index (Phi) is 8.43. The fourth-order valence-corrected chi connectivity index (χ4v) is 6.70. The molecule has 10 heteroatoms. The van der Waals surface area contributed by atoms with Crippen LogP contribution in [0.3, 0.4) is 0 Å². The predicted octanol–water partition coefficient (Wildman–Crippen LogP) is 1.58. The van der Waals surface area contributed by atoms with E-state index in [0.717, 1.165) is 12.0 Å². The maximum Gasteiger partial charge on any atom is 0.245 e. The molecule has 1 aromatic carbocycles. The van der Waals surface area contributed by atoms with Crippen molar-refractivity contribution >= 4 is 23.6 Å². The molecule has 3 aliphatic heterocycles. The molecule has 0 radical (unpaired) electrons. The summed E-state index contributed by atoms with van der Waals surface area (Å²) in [6, 6.07) is 8.75. The lowest BCUT2D eigenvalue weighted by Gasteiger charge is -2.50. The number of likely N-dealkylation sites (N-methyl/N-ethyl adjacent to an activating group) is 1. The van der Waals surface area contributed by atoms with Crippen molar-refractivity contribution < 1.29 is 28.7 Å². The second-order valence-electron chi connectivity index (χ2n) is 13.1. The number of hydrogen-bond donors (Lipinski definition) is 2. The van der Waals surface area contributed by atoms with Crippen LogP contribution in [0, 0.1) is 28.6 Å². The molecule has 0 aromatic heterocycles. The van der Waals surface area contributed by atoms with E-state index in [1.54, 1.807) is 6.92 Å². The van der Waals surface area contributed by atoms with E-state index in [1.165, 1.54) is 7.05 Å². The van der Waals surface area contributed by atoms with E-state index < -0.39 is 23.5 Å². The lowest BCUT2D eigenvalue weighted by molar-refractivity contribution is -0.152. The van der Waals surface area contributed by atoms with Crippen LogP contribution in [0.4, 0.5) is 0 Å². The molecule has 5 rings (SSSR count). The molecule has 4 aliphatic rings. The van der Waals surface area contributed by atoms with E-state index in [9.17, 15) is 19.2 Å². The van der Waals surface area contributed by atoms with Gasteiger partial charge in [-0.3, -0.25) is 19.2 Å². The van der Waals surface area contributed by atoms with Gasteiger partial charge in [-0.05, 0) is 37.2 Å². The van der Waals surface area contributed by atoms with Crippen LogP contribution in [-0.4, -0.2) is 92.0 Å². The quantitative estimate of drug-likeness (QED) is 0.467. The van der Waals surface area contributed by atoms with Gasteiger partial charge in [-0.1, -0.05) is 44.2 Å². The average Bonchev–Trinajstić information content (AvgIpc) is 3.42. The Hall–Kier alpha value is -2.98. The first-order valence-electron chi connectivity index (χ1n) is 14.9. The van der Waals surface area contributed by atoms with Crippen molar-refractivity contribution in [1.29, 1.82) is 0 Å². The van der Waals surface area contributed by atoms with Gasteiger partial charge in [-0.2, -0.15) is 0 Å². The number of ether oxygens (including phenoxy) is 2. The Morgan fingerprint density at radius 2 is 1.63 bits per heavy atom. The van der Waals surface area contributed by atoms with Crippen LogP contribution >= 0.6 is 0 Å². The van der Waals surface area contributed by atoms with E-state index in [1.807, 2.05) is 40.1 Å². The van der Waals surface area contributed by atoms with E-state index in [-0.39, 0.29) is 47.4 Å². The molecule has 1 aromatic rings. The van der Waals surface area contributed by atoms with Crippen LogP contribution in [0.15, 0.2) is 30.3 Å². The second kappa shape index (κ2) is 11.7. The summed E-state index contributed by atoms with van der Waals surface area (Å²) < 4.78 is 11.5. The van der Waals surface area contributed by atoms with Crippen LogP contribution in [0.2, 0.25) is 0 Å². The van der Waals surface area contributed by atoms with E-state index in [2.05, 4.69) is 24.5 Å². The Morgan fingerprint density at radius 3 is 2.24 bits per heavy atom. The summed E-state index contributed by atoms with van der Waals surface area (Å²) in [6.07, 6.45) is 1.64. The number of carbonyl (C=O) groups is 4. The maximum absolute atomic E-state index is 13.9. The Balaban J connectivity index is 1.29. The van der Waals surface area contributed by atoms with Gasteiger partial charge >= 0.3 is 0 Å². The van der Waals surface area contributed by atoms with Crippen molar-refractivity contribution in [2.75, 3.05) is 46.4 Å².